The van der Waals surface area contributed by atoms with Gasteiger partial charge in [-0.05, 0) is 44.1 Å². The van der Waals surface area contributed by atoms with Crippen LogP contribution in [0, 0.1) is 12.3 Å². The van der Waals surface area contributed by atoms with Crippen molar-refractivity contribution in [1.29, 1.82) is 0 Å². The molecular weight excluding hydrogens is 426 g/mol. The number of likely N-dealkylation sites (tertiary alicyclic amines) is 1. The van der Waals surface area contributed by atoms with Crippen LogP contribution >= 0.6 is 0 Å². The molecule has 0 atom stereocenters. The molecule has 0 bridgehead atoms. The molecule has 8 nitrogen and oxygen atoms in total. The van der Waals surface area contributed by atoms with Crippen molar-refractivity contribution in [3.8, 4) is 11.3 Å². The summed E-state index contributed by atoms with van der Waals surface area (Å²) in [5.41, 5.74) is 5.52. The van der Waals surface area contributed by atoms with Gasteiger partial charge in [-0.1, -0.05) is 19.2 Å². The number of H-pyrrole nitrogens is 1. The number of carbonyl (C=O) groups excluding carboxylic acids is 1. The first-order valence-corrected chi connectivity index (χ1v) is 11.5. The number of hydrogen-bond acceptors (Lipinski definition) is 4. The Morgan fingerprint density at radius 2 is 2.06 bits per heavy atom. The van der Waals surface area contributed by atoms with Gasteiger partial charge in [-0.15, -0.1) is 0 Å². The third-order valence-corrected chi connectivity index (χ3v) is 7.49. The quantitative estimate of drug-likeness (QED) is 0.480. The van der Waals surface area contributed by atoms with Crippen LogP contribution in [0.1, 0.15) is 30.1 Å². The van der Waals surface area contributed by atoms with E-state index in [2.05, 4.69) is 64.3 Å². The van der Waals surface area contributed by atoms with Crippen molar-refractivity contribution >= 4 is 29.5 Å². The van der Waals surface area contributed by atoms with Crippen molar-refractivity contribution in [2.45, 2.75) is 25.8 Å². The highest BCUT2D eigenvalue weighted by atomic mass is 16.2. The van der Waals surface area contributed by atoms with Gasteiger partial charge >= 0.3 is 0 Å². The molecule has 0 unspecified atom stereocenters. The van der Waals surface area contributed by atoms with Crippen LogP contribution in [0.25, 0.3) is 34.8 Å². The van der Waals surface area contributed by atoms with Crippen LogP contribution in [0.15, 0.2) is 43.2 Å². The van der Waals surface area contributed by atoms with Crippen molar-refractivity contribution in [3.63, 3.8) is 0 Å². The summed E-state index contributed by atoms with van der Waals surface area (Å²) in [5, 5.41) is 19.4. The third-order valence-electron chi connectivity index (χ3n) is 7.49. The highest BCUT2D eigenvalue weighted by molar-refractivity contribution is 5.88. The number of nitrogens with one attached hydrogen (secondary N) is 1. The van der Waals surface area contributed by atoms with Gasteiger partial charge < -0.3 is 4.90 Å². The Hall–Kier alpha value is -3.94. The summed E-state index contributed by atoms with van der Waals surface area (Å²) < 4.78 is 4.06. The summed E-state index contributed by atoms with van der Waals surface area (Å²) in [6.07, 6.45) is 9.27. The van der Waals surface area contributed by atoms with Crippen LogP contribution in [-0.2, 0) is 11.8 Å². The monoisotopic (exact) mass is 453 g/mol. The van der Waals surface area contributed by atoms with E-state index in [0.717, 1.165) is 69.9 Å². The fourth-order valence-electron chi connectivity index (χ4n) is 5.61. The van der Waals surface area contributed by atoms with Gasteiger partial charge in [-0.3, -0.25) is 19.3 Å². The number of fused-ring (bicyclic) bond motifs is 1. The molecule has 1 aromatic carbocycles. The minimum Gasteiger partial charge on any atom is -0.338 e. The Morgan fingerprint density at radius 3 is 2.76 bits per heavy atom. The van der Waals surface area contributed by atoms with E-state index < -0.39 is 0 Å². The van der Waals surface area contributed by atoms with Gasteiger partial charge in [-0.25, -0.2) is 0 Å². The van der Waals surface area contributed by atoms with Gasteiger partial charge in [0, 0.05) is 53.0 Å². The van der Waals surface area contributed by atoms with Gasteiger partial charge in [0.05, 0.1) is 35.0 Å². The number of aromatic amines is 1. The zero-order valence-corrected chi connectivity index (χ0v) is 19.5. The molecule has 4 heterocycles. The molecule has 1 aliphatic heterocycles. The lowest BCUT2D eigenvalue weighted by Crippen LogP contribution is -2.63. The van der Waals surface area contributed by atoms with Crippen LogP contribution in [-0.4, -0.2) is 53.7 Å². The zero-order valence-electron chi connectivity index (χ0n) is 19.5. The Balaban J connectivity index is 1.39. The number of amides is 1. The highest BCUT2D eigenvalue weighted by Crippen LogP contribution is 2.54. The lowest BCUT2D eigenvalue weighted by molar-refractivity contribution is -0.149. The van der Waals surface area contributed by atoms with Crippen molar-refractivity contribution in [1.82, 2.24) is 34.7 Å². The summed E-state index contributed by atoms with van der Waals surface area (Å²) in [6.45, 7) is 11.4. The lowest BCUT2D eigenvalue weighted by atomic mass is 9.60. The molecule has 1 aliphatic carbocycles. The first-order chi connectivity index (χ1) is 16.4. The molecule has 1 saturated heterocycles. The maximum atomic E-state index is 11.9. The van der Waals surface area contributed by atoms with Crippen molar-refractivity contribution in [2.24, 2.45) is 12.5 Å². The van der Waals surface area contributed by atoms with E-state index >= 15 is 0 Å². The summed E-state index contributed by atoms with van der Waals surface area (Å²) in [5.74, 6) is 0.0263. The molecule has 0 radical (unpaired) electrons. The smallest absolute Gasteiger partial charge is 0.245 e. The fraction of sp³-hybridized carbons (Fsp3) is 0.308. The second kappa shape index (κ2) is 7.28. The molecule has 4 aromatic rings. The average molecular weight is 454 g/mol. The largest absolute Gasteiger partial charge is 0.338 e. The Labute approximate surface area is 196 Å². The fourth-order valence-corrected chi connectivity index (χ4v) is 5.61. The predicted molar refractivity (Wildman–Crippen MR) is 131 cm³/mol. The van der Waals surface area contributed by atoms with E-state index in [1.807, 2.05) is 22.8 Å². The van der Waals surface area contributed by atoms with E-state index in [1.54, 1.807) is 6.20 Å². The maximum Gasteiger partial charge on any atom is 0.245 e. The first kappa shape index (κ1) is 20.7. The van der Waals surface area contributed by atoms with Gasteiger partial charge in [0.1, 0.15) is 0 Å². The second-order valence-electron chi connectivity index (χ2n) is 9.74. The number of nitrogens with zero attached hydrogens (tertiary/aromatic N) is 6. The molecule has 1 spiro atoms. The lowest BCUT2D eigenvalue weighted by Gasteiger charge is -2.58. The summed E-state index contributed by atoms with van der Waals surface area (Å²) in [6, 6.07) is 6.69. The molecule has 8 heteroatoms. The number of hydrogen-bond donors (Lipinski definition) is 1. The van der Waals surface area contributed by atoms with Crippen LogP contribution in [0.3, 0.4) is 0 Å². The normalized spacial score (nSPS) is 17.8. The molecule has 2 fully saturated rings. The summed E-state index contributed by atoms with van der Waals surface area (Å²) in [4.78, 5) is 13.7. The van der Waals surface area contributed by atoms with Crippen LogP contribution in [0.5, 0.6) is 0 Å². The van der Waals surface area contributed by atoms with Crippen LogP contribution < -0.4 is 10.6 Å². The van der Waals surface area contributed by atoms with Gasteiger partial charge in [0.15, 0.2) is 0 Å². The van der Waals surface area contributed by atoms with Crippen molar-refractivity contribution < 1.29 is 4.79 Å². The standard InChI is InChI=1S/C26H27N7O/c1-5-24(34)32-14-26(15-32)10-21(11-26)33-17(3)22(9-19-12-27-29-16(19)2)25(30-33)18-6-7-23-20(8-18)13-28-31(23)4/h5-9,12-13,21,29H,1-2,10-11,14-15H2,3-4H3/b19-9+. The van der Waals surface area contributed by atoms with Crippen LogP contribution in [0.4, 0.5) is 0 Å². The number of carbonyl (C=O) groups is 1. The predicted octanol–water partition coefficient (Wildman–Crippen LogP) is 2.06. The minimum atomic E-state index is 0.0263. The molecule has 3 aromatic heterocycles. The van der Waals surface area contributed by atoms with Crippen LogP contribution in [0.2, 0.25) is 0 Å². The molecule has 1 amide bonds. The molecule has 2 aliphatic rings. The van der Waals surface area contributed by atoms with E-state index in [9.17, 15) is 4.79 Å². The molecule has 1 saturated carbocycles. The third kappa shape index (κ3) is 3.05. The van der Waals surface area contributed by atoms with E-state index in [0.29, 0.717) is 6.04 Å². The van der Waals surface area contributed by atoms with E-state index in [-0.39, 0.29) is 11.3 Å². The number of aromatic nitrogens is 6. The van der Waals surface area contributed by atoms with Gasteiger partial charge in [-0.2, -0.15) is 15.3 Å². The Morgan fingerprint density at radius 1 is 1.26 bits per heavy atom. The first-order valence-electron chi connectivity index (χ1n) is 11.5. The molecule has 1 N–H and O–H groups in total. The summed E-state index contributed by atoms with van der Waals surface area (Å²) >= 11 is 0. The second-order valence-corrected chi connectivity index (χ2v) is 9.74. The Bertz CT molecular complexity index is 1560. The average Bonchev–Trinajstić information content (AvgIpc) is 3.45. The number of aryl methyl sites for hydroxylation is 1. The Kier molecular flexibility index (Phi) is 4.42. The van der Waals surface area contributed by atoms with Crippen molar-refractivity contribution in [2.75, 3.05) is 13.1 Å². The van der Waals surface area contributed by atoms with Crippen molar-refractivity contribution in [3.05, 3.63) is 65.1 Å². The van der Waals surface area contributed by atoms with Gasteiger partial charge in [0.2, 0.25) is 5.91 Å². The van der Waals surface area contributed by atoms with Gasteiger partial charge in [0.25, 0.3) is 0 Å². The summed E-state index contributed by atoms with van der Waals surface area (Å²) in [7, 11) is 1.95. The number of rotatable bonds is 4. The molecule has 6 rings (SSSR count). The number of benzene rings is 1. The van der Waals surface area contributed by atoms with E-state index in [4.69, 9.17) is 5.10 Å². The SMILES string of the molecule is C=CC(=O)N1CC2(CC(n3nc(-c4ccc5c(cnn5C)c4)c(/C=c4\cn[nH]c4=C)c3C)C2)C1. The highest BCUT2D eigenvalue weighted by Gasteiger charge is 2.54. The molecule has 34 heavy (non-hydrogen) atoms. The molecular formula is C26H27N7O. The minimum absolute atomic E-state index is 0.0263. The topological polar surface area (TPSA) is 84.6 Å². The maximum absolute atomic E-state index is 11.9. The molecule has 172 valence electrons. The zero-order chi connectivity index (χ0) is 23.6. The van der Waals surface area contributed by atoms with E-state index in [1.165, 1.54) is 6.08 Å².